The highest BCUT2D eigenvalue weighted by Gasteiger charge is 2.10. The second-order valence-corrected chi connectivity index (χ2v) is 6.59. The van der Waals surface area contributed by atoms with E-state index in [0.717, 1.165) is 24.2 Å². The normalized spacial score (nSPS) is 14.1. The Morgan fingerprint density at radius 2 is 2.05 bits per heavy atom. The summed E-state index contributed by atoms with van der Waals surface area (Å²) < 4.78 is 0. The number of benzene rings is 1. The van der Waals surface area contributed by atoms with Crippen molar-refractivity contribution in [2.24, 2.45) is 11.7 Å². The topological polar surface area (TPSA) is 66.5 Å². The Morgan fingerprint density at radius 3 is 2.71 bits per heavy atom. The van der Waals surface area contributed by atoms with Gasteiger partial charge >= 0.3 is 0 Å². The Balaban J connectivity index is 2.54. The smallest absolute Gasteiger partial charge is 0.0802 e. The molecule has 0 aliphatic rings. The Kier molecular flexibility index (Phi) is 9.76. The summed E-state index contributed by atoms with van der Waals surface area (Å²) in [6.45, 7) is 2.99. The summed E-state index contributed by atoms with van der Waals surface area (Å²) in [4.78, 5) is 1.20. The predicted molar refractivity (Wildman–Crippen MR) is 90.5 cm³/mol. The molecule has 0 aliphatic carbocycles. The molecule has 0 aliphatic heterocycles. The van der Waals surface area contributed by atoms with Gasteiger partial charge in [-0.25, -0.2) is 0 Å². The first-order valence-corrected chi connectivity index (χ1v) is 8.91. The maximum Gasteiger partial charge on any atom is 0.0802 e. The van der Waals surface area contributed by atoms with Crippen LogP contribution in [0.3, 0.4) is 0 Å². The van der Waals surface area contributed by atoms with Crippen molar-refractivity contribution >= 4 is 11.8 Å². The zero-order chi connectivity index (χ0) is 15.5. The van der Waals surface area contributed by atoms with Crippen molar-refractivity contribution in [3.63, 3.8) is 0 Å². The molecule has 0 heterocycles. The zero-order valence-corrected chi connectivity index (χ0v) is 13.8. The van der Waals surface area contributed by atoms with Crippen LogP contribution < -0.4 is 5.73 Å². The number of aliphatic hydroxyl groups excluding tert-OH is 2. The average molecular weight is 311 g/mol. The standard InChI is InChI=1S/C17H29NO2S/c1-2-5-14(6-4-11-19)13-21-16-8-3-7-15(12-16)17(20)9-10-18/h3,7-8,12,14,17,19-20H,2,4-6,9-11,13,18H2,1H3. The highest BCUT2D eigenvalue weighted by molar-refractivity contribution is 7.99. The fourth-order valence-corrected chi connectivity index (χ4v) is 3.61. The molecule has 0 bridgehead atoms. The molecule has 1 rings (SSSR count). The molecule has 0 spiro atoms. The molecule has 4 heteroatoms. The van der Waals surface area contributed by atoms with E-state index < -0.39 is 6.10 Å². The average Bonchev–Trinajstić information content (AvgIpc) is 2.50. The fraction of sp³-hybridized carbons (Fsp3) is 0.647. The van der Waals surface area contributed by atoms with Crippen LogP contribution in [0.5, 0.6) is 0 Å². The molecule has 0 radical (unpaired) electrons. The largest absolute Gasteiger partial charge is 0.396 e. The quantitative estimate of drug-likeness (QED) is 0.548. The van der Waals surface area contributed by atoms with E-state index in [1.165, 1.54) is 17.7 Å². The minimum Gasteiger partial charge on any atom is -0.396 e. The van der Waals surface area contributed by atoms with Gasteiger partial charge in [0.25, 0.3) is 0 Å². The first-order chi connectivity index (χ1) is 10.2. The van der Waals surface area contributed by atoms with Gasteiger partial charge < -0.3 is 15.9 Å². The van der Waals surface area contributed by atoms with Crippen LogP contribution in [0.2, 0.25) is 0 Å². The number of hydrogen-bond acceptors (Lipinski definition) is 4. The van der Waals surface area contributed by atoms with Crippen molar-refractivity contribution in [2.75, 3.05) is 18.9 Å². The van der Waals surface area contributed by atoms with Crippen molar-refractivity contribution in [1.82, 2.24) is 0 Å². The minimum absolute atomic E-state index is 0.283. The molecule has 0 saturated carbocycles. The van der Waals surface area contributed by atoms with Crippen molar-refractivity contribution in [2.45, 2.75) is 50.0 Å². The molecule has 2 atom stereocenters. The van der Waals surface area contributed by atoms with E-state index in [1.807, 2.05) is 23.9 Å². The third kappa shape index (κ3) is 7.32. The van der Waals surface area contributed by atoms with Crippen LogP contribution in [0.1, 0.15) is 50.7 Å². The molecule has 4 N–H and O–H groups in total. The van der Waals surface area contributed by atoms with Gasteiger partial charge in [0.05, 0.1) is 6.10 Å². The number of hydrogen-bond donors (Lipinski definition) is 3. The summed E-state index contributed by atoms with van der Waals surface area (Å²) in [5.41, 5.74) is 6.45. The van der Waals surface area contributed by atoms with Crippen LogP contribution >= 0.6 is 11.8 Å². The molecule has 2 unspecified atom stereocenters. The highest BCUT2D eigenvalue weighted by atomic mass is 32.2. The Morgan fingerprint density at radius 1 is 1.24 bits per heavy atom. The van der Waals surface area contributed by atoms with E-state index in [4.69, 9.17) is 10.8 Å². The SMILES string of the molecule is CCCC(CCCO)CSc1cccc(C(O)CCN)c1. The van der Waals surface area contributed by atoms with Gasteiger partial charge in [-0.3, -0.25) is 0 Å². The molecule has 1 aromatic carbocycles. The second-order valence-electron chi connectivity index (χ2n) is 5.50. The van der Waals surface area contributed by atoms with Crippen LogP contribution in [0.4, 0.5) is 0 Å². The summed E-state index contributed by atoms with van der Waals surface area (Å²) in [6, 6.07) is 8.12. The van der Waals surface area contributed by atoms with Gasteiger partial charge in [-0.2, -0.15) is 0 Å². The molecule has 120 valence electrons. The lowest BCUT2D eigenvalue weighted by atomic mass is 10.0. The number of thioether (sulfide) groups is 1. The molecule has 0 aromatic heterocycles. The number of aliphatic hydroxyl groups is 2. The summed E-state index contributed by atoms with van der Waals surface area (Å²) >= 11 is 1.84. The number of rotatable bonds is 11. The summed E-state index contributed by atoms with van der Waals surface area (Å²) in [5.74, 6) is 1.73. The van der Waals surface area contributed by atoms with Crippen molar-refractivity contribution in [1.29, 1.82) is 0 Å². The van der Waals surface area contributed by atoms with Crippen LogP contribution in [0.25, 0.3) is 0 Å². The molecule has 1 aromatic rings. The van der Waals surface area contributed by atoms with Crippen LogP contribution in [0.15, 0.2) is 29.2 Å². The summed E-state index contributed by atoms with van der Waals surface area (Å²) in [5, 5.41) is 19.0. The van der Waals surface area contributed by atoms with Crippen LogP contribution in [-0.4, -0.2) is 29.1 Å². The first kappa shape index (κ1) is 18.5. The predicted octanol–water partition coefficient (Wildman–Crippen LogP) is 3.35. The van der Waals surface area contributed by atoms with Gasteiger partial charge in [-0.05, 0) is 55.8 Å². The maximum absolute atomic E-state index is 10.0. The Bertz CT molecular complexity index is 387. The van der Waals surface area contributed by atoms with Crippen molar-refractivity contribution in [3.8, 4) is 0 Å². The van der Waals surface area contributed by atoms with Gasteiger partial charge in [-0.15, -0.1) is 11.8 Å². The van der Waals surface area contributed by atoms with E-state index in [1.54, 1.807) is 0 Å². The molecule has 0 saturated heterocycles. The third-order valence-corrected chi connectivity index (χ3v) is 4.86. The van der Waals surface area contributed by atoms with Crippen LogP contribution in [0, 0.1) is 5.92 Å². The lowest BCUT2D eigenvalue weighted by molar-refractivity contribution is 0.170. The van der Waals surface area contributed by atoms with Crippen molar-refractivity contribution in [3.05, 3.63) is 29.8 Å². The van der Waals surface area contributed by atoms with Gasteiger partial charge in [-0.1, -0.05) is 25.5 Å². The summed E-state index contributed by atoms with van der Waals surface area (Å²) in [6.07, 6.45) is 4.52. The monoisotopic (exact) mass is 311 g/mol. The first-order valence-electron chi connectivity index (χ1n) is 7.93. The van der Waals surface area contributed by atoms with E-state index >= 15 is 0 Å². The van der Waals surface area contributed by atoms with E-state index in [9.17, 15) is 5.11 Å². The lowest BCUT2D eigenvalue weighted by Gasteiger charge is -2.16. The minimum atomic E-state index is -0.462. The maximum atomic E-state index is 10.0. The van der Waals surface area contributed by atoms with Crippen molar-refractivity contribution < 1.29 is 10.2 Å². The summed E-state index contributed by atoms with van der Waals surface area (Å²) in [7, 11) is 0. The van der Waals surface area contributed by atoms with Gasteiger partial charge in [0, 0.05) is 17.3 Å². The molecular formula is C17H29NO2S. The highest BCUT2D eigenvalue weighted by Crippen LogP contribution is 2.28. The van der Waals surface area contributed by atoms with Crippen LogP contribution in [-0.2, 0) is 0 Å². The van der Waals surface area contributed by atoms with Gasteiger partial charge in [0.2, 0.25) is 0 Å². The van der Waals surface area contributed by atoms with Gasteiger partial charge in [0.1, 0.15) is 0 Å². The molecule has 21 heavy (non-hydrogen) atoms. The zero-order valence-electron chi connectivity index (χ0n) is 13.0. The lowest BCUT2D eigenvalue weighted by Crippen LogP contribution is -2.07. The van der Waals surface area contributed by atoms with E-state index in [2.05, 4.69) is 19.1 Å². The number of nitrogens with two attached hydrogens (primary N) is 1. The van der Waals surface area contributed by atoms with E-state index in [0.29, 0.717) is 18.9 Å². The second kappa shape index (κ2) is 11.1. The molecule has 3 nitrogen and oxygen atoms in total. The molecule has 0 amide bonds. The Hall–Kier alpha value is -0.550. The molecule has 0 fully saturated rings. The van der Waals surface area contributed by atoms with Gasteiger partial charge in [0.15, 0.2) is 0 Å². The van der Waals surface area contributed by atoms with E-state index in [-0.39, 0.29) is 6.61 Å². The Labute approximate surface area is 132 Å². The fourth-order valence-electron chi connectivity index (χ4n) is 2.45. The third-order valence-electron chi connectivity index (χ3n) is 3.64. The molecular weight excluding hydrogens is 282 g/mol.